The molecule has 1 N–H and O–H groups in total. The highest BCUT2D eigenvalue weighted by molar-refractivity contribution is 6.06. The number of benzene rings is 2. The Morgan fingerprint density at radius 2 is 1.73 bits per heavy atom. The fourth-order valence-electron chi connectivity index (χ4n) is 3.48. The lowest BCUT2D eigenvalue weighted by molar-refractivity contribution is 0.0952. The Morgan fingerprint density at radius 3 is 2.40 bits per heavy atom. The van der Waals surface area contributed by atoms with Crippen LogP contribution in [0.4, 0.5) is 0 Å². The number of fused-ring (bicyclic) bond motifs is 1. The van der Waals surface area contributed by atoms with Crippen molar-refractivity contribution in [2.45, 2.75) is 27.3 Å². The zero-order chi connectivity index (χ0) is 21.3. The normalized spacial score (nSPS) is 10.9. The third-order valence-corrected chi connectivity index (χ3v) is 5.08. The molecule has 2 aromatic heterocycles. The fraction of sp³-hybridized carbons (Fsp3) is 0.208. The smallest absolute Gasteiger partial charge is 0.252 e. The summed E-state index contributed by atoms with van der Waals surface area (Å²) in [6.07, 6.45) is 0. The Balaban J connectivity index is 1.68. The van der Waals surface area contributed by atoms with Crippen LogP contribution in [-0.2, 0) is 6.54 Å². The fourth-order valence-corrected chi connectivity index (χ4v) is 3.48. The quantitative estimate of drug-likeness (QED) is 0.543. The third-order valence-electron chi connectivity index (χ3n) is 5.08. The minimum absolute atomic E-state index is 0.145. The van der Waals surface area contributed by atoms with Crippen LogP contribution < -0.4 is 10.1 Å². The Labute approximate surface area is 175 Å². The highest BCUT2D eigenvalue weighted by Gasteiger charge is 2.19. The molecule has 2 aromatic carbocycles. The second-order valence-electron chi connectivity index (χ2n) is 7.37. The largest absolute Gasteiger partial charge is 0.497 e. The summed E-state index contributed by atoms with van der Waals surface area (Å²) in [6.45, 7) is 6.27. The topological polar surface area (TPSA) is 69.0 Å². The molecule has 0 aliphatic heterocycles. The third kappa shape index (κ3) is 3.76. The van der Waals surface area contributed by atoms with Crippen LogP contribution >= 0.6 is 0 Å². The van der Waals surface area contributed by atoms with E-state index in [1.54, 1.807) is 11.8 Å². The number of aryl methyl sites for hydroxylation is 3. The highest BCUT2D eigenvalue weighted by Crippen LogP contribution is 2.25. The number of rotatable bonds is 5. The van der Waals surface area contributed by atoms with Gasteiger partial charge in [0.05, 0.1) is 29.4 Å². The van der Waals surface area contributed by atoms with Crippen molar-refractivity contribution < 1.29 is 9.53 Å². The summed E-state index contributed by atoms with van der Waals surface area (Å²) < 4.78 is 6.98. The monoisotopic (exact) mass is 400 g/mol. The van der Waals surface area contributed by atoms with E-state index in [1.807, 2.05) is 75.4 Å². The van der Waals surface area contributed by atoms with Crippen LogP contribution in [0.3, 0.4) is 0 Å². The van der Waals surface area contributed by atoms with Gasteiger partial charge in [-0.25, -0.2) is 9.67 Å². The Hall–Kier alpha value is -3.67. The highest BCUT2D eigenvalue weighted by atomic mass is 16.5. The van der Waals surface area contributed by atoms with Crippen LogP contribution in [0.15, 0.2) is 54.6 Å². The summed E-state index contributed by atoms with van der Waals surface area (Å²) in [6, 6.07) is 17.6. The van der Waals surface area contributed by atoms with Gasteiger partial charge < -0.3 is 10.1 Å². The first-order valence-corrected chi connectivity index (χ1v) is 9.81. The molecule has 1 amide bonds. The zero-order valence-corrected chi connectivity index (χ0v) is 17.6. The summed E-state index contributed by atoms with van der Waals surface area (Å²) in [5, 5.41) is 8.45. The van der Waals surface area contributed by atoms with Gasteiger partial charge in [0.25, 0.3) is 5.91 Å². The maximum absolute atomic E-state index is 13.0. The predicted molar refractivity (Wildman–Crippen MR) is 117 cm³/mol. The maximum Gasteiger partial charge on any atom is 0.252 e. The van der Waals surface area contributed by atoms with Crippen molar-refractivity contribution in [1.29, 1.82) is 0 Å². The van der Waals surface area contributed by atoms with Crippen LogP contribution in [0.2, 0.25) is 0 Å². The van der Waals surface area contributed by atoms with Gasteiger partial charge in [-0.1, -0.05) is 29.8 Å². The Bertz CT molecular complexity index is 1210. The lowest BCUT2D eigenvalue weighted by atomic mass is 10.1. The number of nitrogens with zero attached hydrogens (tertiary/aromatic N) is 3. The molecule has 4 aromatic rings. The molecule has 0 aliphatic rings. The van der Waals surface area contributed by atoms with Crippen LogP contribution in [-0.4, -0.2) is 27.8 Å². The summed E-state index contributed by atoms with van der Waals surface area (Å²) in [7, 11) is 1.63. The van der Waals surface area contributed by atoms with Crippen LogP contribution in [0.25, 0.3) is 16.7 Å². The summed E-state index contributed by atoms with van der Waals surface area (Å²) in [4.78, 5) is 17.7. The molecule has 6 heteroatoms. The van der Waals surface area contributed by atoms with Crippen molar-refractivity contribution in [3.05, 3.63) is 82.7 Å². The van der Waals surface area contributed by atoms with E-state index in [2.05, 4.69) is 15.4 Å². The van der Waals surface area contributed by atoms with Gasteiger partial charge in [-0.15, -0.1) is 0 Å². The average molecular weight is 400 g/mol. The number of pyridine rings is 1. The first-order valence-electron chi connectivity index (χ1n) is 9.81. The van der Waals surface area contributed by atoms with Crippen LogP contribution in [0.5, 0.6) is 5.75 Å². The van der Waals surface area contributed by atoms with E-state index in [1.165, 1.54) is 5.56 Å². The van der Waals surface area contributed by atoms with Crippen molar-refractivity contribution in [3.8, 4) is 11.4 Å². The van der Waals surface area contributed by atoms with Crippen LogP contribution in [0, 0.1) is 20.8 Å². The number of carbonyl (C=O) groups is 1. The molecule has 0 spiro atoms. The van der Waals surface area contributed by atoms with E-state index < -0.39 is 0 Å². The summed E-state index contributed by atoms with van der Waals surface area (Å²) in [5.74, 6) is 0.642. The van der Waals surface area contributed by atoms with Gasteiger partial charge in [-0.2, -0.15) is 5.10 Å². The van der Waals surface area contributed by atoms with Crippen LogP contribution in [0.1, 0.15) is 32.9 Å². The molecule has 0 radical (unpaired) electrons. The summed E-state index contributed by atoms with van der Waals surface area (Å²) in [5.41, 5.74) is 5.90. The summed E-state index contributed by atoms with van der Waals surface area (Å²) >= 11 is 0. The Morgan fingerprint density at radius 1 is 1.03 bits per heavy atom. The SMILES string of the molecule is COc1ccc(CNC(=O)c2cc(C)nc3c2c(C)nn3-c2ccc(C)cc2)cc1. The molecular formula is C24H24N4O2. The molecule has 0 saturated heterocycles. The predicted octanol–water partition coefficient (Wildman–Crippen LogP) is 4.28. The van der Waals surface area contributed by atoms with E-state index in [9.17, 15) is 4.79 Å². The number of aromatic nitrogens is 3. The van der Waals surface area contributed by atoms with E-state index in [0.717, 1.165) is 33.8 Å². The minimum Gasteiger partial charge on any atom is -0.497 e. The molecule has 0 bridgehead atoms. The number of carbonyl (C=O) groups excluding carboxylic acids is 1. The van der Waals surface area contributed by atoms with E-state index in [0.29, 0.717) is 17.8 Å². The second kappa shape index (κ2) is 7.99. The number of methoxy groups -OCH3 is 1. The molecule has 0 unspecified atom stereocenters. The maximum atomic E-state index is 13.0. The number of hydrogen-bond donors (Lipinski definition) is 1. The number of amides is 1. The molecule has 0 fully saturated rings. The lowest BCUT2D eigenvalue weighted by Gasteiger charge is -2.09. The van der Waals surface area contributed by atoms with E-state index in [-0.39, 0.29) is 5.91 Å². The molecule has 6 nitrogen and oxygen atoms in total. The van der Waals surface area contributed by atoms with Crippen molar-refractivity contribution in [3.63, 3.8) is 0 Å². The van der Waals surface area contributed by atoms with Crippen molar-refractivity contribution >= 4 is 16.9 Å². The lowest BCUT2D eigenvalue weighted by Crippen LogP contribution is -2.23. The molecular weight excluding hydrogens is 376 g/mol. The van der Waals surface area contributed by atoms with Gasteiger partial charge in [0.2, 0.25) is 0 Å². The van der Waals surface area contributed by atoms with E-state index in [4.69, 9.17) is 4.74 Å². The molecule has 0 saturated carbocycles. The van der Waals surface area contributed by atoms with Gasteiger partial charge in [-0.3, -0.25) is 4.79 Å². The van der Waals surface area contributed by atoms with Gasteiger partial charge >= 0.3 is 0 Å². The zero-order valence-electron chi connectivity index (χ0n) is 17.6. The van der Waals surface area contributed by atoms with Gasteiger partial charge in [-0.05, 0) is 56.7 Å². The first kappa shape index (κ1) is 19.6. The van der Waals surface area contributed by atoms with Gasteiger partial charge in [0.15, 0.2) is 5.65 Å². The number of hydrogen-bond acceptors (Lipinski definition) is 4. The standard InChI is InChI=1S/C24H24N4O2/c1-15-5-9-19(10-6-15)28-23-22(17(3)27-28)21(13-16(2)26-23)24(29)25-14-18-7-11-20(30-4)12-8-18/h5-13H,14H2,1-4H3,(H,25,29). The minimum atomic E-state index is -0.145. The number of nitrogens with one attached hydrogen (secondary N) is 1. The van der Waals surface area contributed by atoms with E-state index >= 15 is 0 Å². The van der Waals surface area contributed by atoms with Gasteiger partial charge in [0, 0.05) is 12.2 Å². The van der Waals surface area contributed by atoms with Crippen molar-refractivity contribution in [2.24, 2.45) is 0 Å². The molecule has 152 valence electrons. The molecule has 2 heterocycles. The molecule has 0 atom stereocenters. The molecule has 30 heavy (non-hydrogen) atoms. The Kier molecular flexibility index (Phi) is 5.23. The first-order chi connectivity index (χ1) is 14.5. The molecule has 4 rings (SSSR count). The molecule has 0 aliphatic carbocycles. The average Bonchev–Trinajstić information content (AvgIpc) is 3.08. The van der Waals surface area contributed by atoms with Crippen molar-refractivity contribution in [1.82, 2.24) is 20.1 Å². The van der Waals surface area contributed by atoms with Gasteiger partial charge in [0.1, 0.15) is 5.75 Å². The number of ether oxygens (including phenoxy) is 1. The second-order valence-corrected chi connectivity index (χ2v) is 7.37. The van der Waals surface area contributed by atoms with Crippen molar-refractivity contribution in [2.75, 3.05) is 7.11 Å².